The van der Waals surface area contributed by atoms with Crippen molar-refractivity contribution in [1.29, 1.82) is 0 Å². The van der Waals surface area contributed by atoms with Gasteiger partial charge in [-0.1, -0.05) is 12.2 Å². The van der Waals surface area contributed by atoms with Crippen LogP contribution in [-0.4, -0.2) is 46.0 Å². The lowest BCUT2D eigenvalue weighted by atomic mass is 10.2. The monoisotopic (exact) mass is 295 g/mol. The second-order valence-corrected chi connectivity index (χ2v) is 5.73. The Balaban J connectivity index is 2.37. The Hall–Kier alpha value is -1.27. The van der Waals surface area contributed by atoms with Gasteiger partial charge < -0.3 is 16.0 Å². The van der Waals surface area contributed by atoms with Crippen molar-refractivity contribution in [2.24, 2.45) is 5.73 Å². The largest absolute Gasteiger partial charge is 0.388 e. The minimum absolute atomic E-state index is 0.303. The third kappa shape index (κ3) is 5.79. The van der Waals surface area contributed by atoms with Crippen LogP contribution in [0.1, 0.15) is 38.1 Å². The number of aryl methyl sites for hydroxylation is 1. The lowest BCUT2D eigenvalue weighted by Crippen LogP contribution is -2.27. The van der Waals surface area contributed by atoms with Gasteiger partial charge >= 0.3 is 0 Å². The van der Waals surface area contributed by atoms with E-state index >= 15 is 0 Å². The molecular weight excluding hydrogens is 270 g/mol. The summed E-state index contributed by atoms with van der Waals surface area (Å²) in [5.41, 5.74) is 7.08. The van der Waals surface area contributed by atoms with Crippen LogP contribution in [0.4, 0.5) is 5.95 Å². The number of hydrogen-bond acceptors (Lipinski definition) is 5. The summed E-state index contributed by atoms with van der Waals surface area (Å²) in [6, 6.07) is 2.39. The number of rotatable bonds is 8. The van der Waals surface area contributed by atoms with E-state index in [9.17, 15) is 0 Å². The van der Waals surface area contributed by atoms with Crippen LogP contribution in [0.2, 0.25) is 0 Å². The molecule has 20 heavy (non-hydrogen) atoms. The van der Waals surface area contributed by atoms with E-state index in [0.717, 1.165) is 31.6 Å². The standard InChI is InChI=1S/C14H25N5S/c1-10(2)19(4)8-6-5-7-16-14-17-11(3)9-12(18-14)13(15)20/h9-10H,5-8H2,1-4H3,(H2,15,20)(H,16,17,18). The number of anilines is 1. The highest BCUT2D eigenvalue weighted by Gasteiger charge is 2.05. The van der Waals surface area contributed by atoms with E-state index < -0.39 is 0 Å². The predicted molar refractivity (Wildman–Crippen MR) is 88.1 cm³/mol. The van der Waals surface area contributed by atoms with Crippen molar-refractivity contribution in [3.8, 4) is 0 Å². The summed E-state index contributed by atoms with van der Waals surface area (Å²) < 4.78 is 0. The van der Waals surface area contributed by atoms with E-state index in [0.29, 0.717) is 22.7 Å². The molecule has 0 bridgehead atoms. The highest BCUT2D eigenvalue weighted by Crippen LogP contribution is 2.05. The van der Waals surface area contributed by atoms with Crippen LogP contribution in [0.5, 0.6) is 0 Å². The zero-order chi connectivity index (χ0) is 15.1. The van der Waals surface area contributed by atoms with Gasteiger partial charge in [0.2, 0.25) is 5.95 Å². The van der Waals surface area contributed by atoms with Crippen LogP contribution in [0.15, 0.2) is 6.07 Å². The van der Waals surface area contributed by atoms with E-state index in [1.807, 2.05) is 6.92 Å². The smallest absolute Gasteiger partial charge is 0.223 e. The van der Waals surface area contributed by atoms with Crippen LogP contribution in [0, 0.1) is 6.92 Å². The first kappa shape index (κ1) is 16.8. The van der Waals surface area contributed by atoms with Gasteiger partial charge in [-0.05, 0) is 53.3 Å². The van der Waals surface area contributed by atoms with Crippen LogP contribution < -0.4 is 11.1 Å². The van der Waals surface area contributed by atoms with Gasteiger partial charge in [0.05, 0.1) is 0 Å². The van der Waals surface area contributed by atoms with E-state index in [4.69, 9.17) is 18.0 Å². The molecule has 0 spiro atoms. The summed E-state index contributed by atoms with van der Waals surface area (Å²) in [7, 11) is 2.15. The van der Waals surface area contributed by atoms with Gasteiger partial charge in [0.1, 0.15) is 10.7 Å². The van der Waals surface area contributed by atoms with Crippen molar-refractivity contribution in [2.45, 2.75) is 39.7 Å². The molecule has 112 valence electrons. The molecule has 1 aromatic heterocycles. The Morgan fingerprint density at radius 3 is 2.70 bits per heavy atom. The van der Waals surface area contributed by atoms with Gasteiger partial charge in [-0.2, -0.15) is 0 Å². The minimum atomic E-state index is 0.303. The van der Waals surface area contributed by atoms with Crippen molar-refractivity contribution >= 4 is 23.2 Å². The van der Waals surface area contributed by atoms with Gasteiger partial charge in [0.25, 0.3) is 0 Å². The number of nitrogens with two attached hydrogens (primary N) is 1. The Bertz CT molecular complexity index is 447. The normalized spacial score (nSPS) is 11.1. The zero-order valence-corrected chi connectivity index (χ0v) is 13.6. The molecule has 0 atom stereocenters. The highest BCUT2D eigenvalue weighted by molar-refractivity contribution is 7.80. The first-order valence-corrected chi connectivity index (χ1v) is 7.40. The van der Waals surface area contributed by atoms with Crippen molar-refractivity contribution < 1.29 is 0 Å². The third-order valence-corrected chi connectivity index (χ3v) is 3.42. The molecule has 0 unspecified atom stereocenters. The fourth-order valence-electron chi connectivity index (χ4n) is 1.72. The van der Waals surface area contributed by atoms with Crippen LogP contribution in [0.3, 0.4) is 0 Å². The van der Waals surface area contributed by atoms with Crippen molar-refractivity contribution in [3.63, 3.8) is 0 Å². The molecule has 5 nitrogen and oxygen atoms in total. The molecule has 0 saturated heterocycles. The summed E-state index contributed by atoms with van der Waals surface area (Å²) in [5, 5.41) is 3.23. The molecule has 3 N–H and O–H groups in total. The zero-order valence-electron chi connectivity index (χ0n) is 12.8. The number of hydrogen-bond donors (Lipinski definition) is 2. The van der Waals surface area contributed by atoms with E-state index in [-0.39, 0.29) is 0 Å². The second-order valence-electron chi connectivity index (χ2n) is 5.29. The molecule has 1 rings (SSSR count). The van der Waals surface area contributed by atoms with Crippen molar-refractivity contribution in [3.05, 3.63) is 17.5 Å². The molecule has 0 aromatic carbocycles. The van der Waals surface area contributed by atoms with E-state index in [1.165, 1.54) is 0 Å². The summed E-state index contributed by atoms with van der Waals surface area (Å²) in [5.74, 6) is 0.602. The lowest BCUT2D eigenvalue weighted by molar-refractivity contribution is 0.269. The molecule has 6 heteroatoms. The number of unbranched alkanes of at least 4 members (excludes halogenated alkanes) is 1. The Kier molecular flexibility index (Phi) is 6.81. The van der Waals surface area contributed by atoms with Gasteiger partial charge in [0.15, 0.2) is 0 Å². The van der Waals surface area contributed by atoms with Crippen LogP contribution in [-0.2, 0) is 0 Å². The summed E-state index contributed by atoms with van der Waals surface area (Å²) in [6.45, 7) is 8.27. The molecule has 0 amide bonds. The van der Waals surface area contributed by atoms with Gasteiger partial charge in [0, 0.05) is 18.3 Å². The van der Waals surface area contributed by atoms with Gasteiger partial charge in [-0.15, -0.1) is 0 Å². The topological polar surface area (TPSA) is 67.1 Å². The first-order chi connectivity index (χ1) is 9.40. The maximum atomic E-state index is 5.60. The molecular formula is C14H25N5S. The van der Waals surface area contributed by atoms with Gasteiger partial charge in [-0.3, -0.25) is 0 Å². The van der Waals surface area contributed by atoms with Crippen LogP contribution >= 0.6 is 12.2 Å². The average molecular weight is 295 g/mol. The molecule has 1 heterocycles. The van der Waals surface area contributed by atoms with Crippen molar-refractivity contribution in [2.75, 3.05) is 25.5 Å². The Labute approximate surface area is 127 Å². The quantitative estimate of drug-likeness (QED) is 0.564. The van der Waals surface area contributed by atoms with Crippen LogP contribution in [0.25, 0.3) is 0 Å². The summed E-state index contributed by atoms with van der Waals surface area (Å²) in [4.78, 5) is 11.3. The van der Waals surface area contributed by atoms with E-state index in [1.54, 1.807) is 6.07 Å². The molecule has 0 radical (unpaired) electrons. The third-order valence-electron chi connectivity index (χ3n) is 3.21. The number of aromatic nitrogens is 2. The Morgan fingerprint density at radius 2 is 2.10 bits per heavy atom. The Morgan fingerprint density at radius 1 is 1.40 bits per heavy atom. The molecule has 0 saturated carbocycles. The molecule has 0 aliphatic rings. The predicted octanol–water partition coefficient (Wildman–Crippen LogP) is 1.95. The maximum absolute atomic E-state index is 5.60. The SMILES string of the molecule is Cc1cc(C(N)=S)nc(NCCCCN(C)C(C)C)n1. The van der Waals surface area contributed by atoms with Crippen molar-refractivity contribution in [1.82, 2.24) is 14.9 Å². The first-order valence-electron chi connectivity index (χ1n) is 6.99. The summed E-state index contributed by atoms with van der Waals surface area (Å²) >= 11 is 4.94. The molecule has 0 fully saturated rings. The summed E-state index contributed by atoms with van der Waals surface area (Å²) in [6.07, 6.45) is 2.23. The highest BCUT2D eigenvalue weighted by atomic mass is 32.1. The maximum Gasteiger partial charge on any atom is 0.223 e. The molecule has 0 aliphatic carbocycles. The molecule has 1 aromatic rings. The average Bonchev–Trinajstić information content (AvgIpc) is 2.37. The second kappa shape index (κ2) is 8.11. The van der Waals surface area contributed by atoms with E-state index in [2.05, 4.69) is 41.1 Å². The lowest BCUT2D eigenvalue weighted by Gasteiger charge is -2.20. The minimum Gasteiger partial charge on any atom is -0.388 e. The molecule has 0 aliphatic heterocycles. The number of thiocarbonyl (C=S) groups is 1. The number of nitrogens with zero attached hydrogens (tertiary/aromatic N) is 3. The number of nitrogens with one attached hydrogen (secondary N) is 1. The fraction of sp³-hybridized carbons (Fsp3) is 0.643. The fourth-order valence-corrected chi connectivity index (χ4v) is 1.82. The van der Waals surface area contributed by atoms with Gasteiger partial charge in [-0.25, -0.2) is 9.97 Å².